The Kier molecular flexibility index (Phi) is 5.28. The second-order valence-electron chi connectivity index (χ2n) is 13.5. The molecule has 7 atom stereocenters. The third kappa shape index (κ3) is 2.77. The summed E-state index contributed by atoms with van der Waals surface area (Å²) in [6.07, 6.45) is 12.3. The molecule has 4 fully saturated rings. The summed E-state index contributed by atoms with van der Waals surface area (Å²) in [4.78, 5) is 0. The average Bonchev–Trinajstić information content (AvgIpc) is 3.10. The fraction of sp³-hybridized carbons (Fsp3) is 0.926. The van der Waals surface area contributed by atoms with Crippen LogP contribution in [0.25, 0.3) is 0 Å². The predicted octanol–water partition coefficient (Wildman–Crippen LogP) is 7.30. The van der Waals surface area contributed by atoms with Gasteiger partial charge in [0.1, 0.15) is 0 Å². The molecule has 4 saturated carbocycles. The van der Waals surface area contributed by atoms with Gasteiger partial charge in [0, 0.05) is 31.5 Å². The maximum absolute atomic E-state index is 7.36. The van der Waals surface area contributed by atoms with E-state index in [4.69, 9.17) is 25.5 Å². The van der Waals surface area contributed by atoms with E-state index in [-0.39, 0.29) is 15.8 Å². The molecule has 0 amide bonds. The van der Waals surface area contributed by atoms with Crippen LogP contribution in [0.15, 0.2) is 11.6 Å². The van der Waals surface area contributed by atoms with Crippen molar-refractivity contribution in [3.05, 3.63) is 11.6 Å². The smallest absolute Gasteiger partial charge is 0.192 e. The van der Waals surface area contributed by atoms with E-state index in [1.54, 1.807) is 19.8 Å². The minimum atomic E-state index is -1.78. The third-order valence-electron chi connectivity index (χ3n) is 11.7. The van der Waals surface area contributed by atoms with E-state index in [9.17, 15) is 0 Å². The molecule has 0 heterocycles. The van der Waals surface area contributed by atoms with Crippen LogP contribution in [0.5, 0.6) is 0 Å². The van der Waals surface area contributed by atoms with E-state index in [0.29, 0.717) is 16.9 Å². The van der Waals surface area contributed by atoms with E-state index in [1.807, 2.05) is 0 Å². The highest BCUT2D eigenvalue weighted by Crippen LogP contribution is 2.86. The van der Waals surface area contributed by atoms with Gasteiger partial charge in [-0.25, -0.2) is 0 Å². The Morgan fingerprint density at radius 1 is 0.969 bits per heavy atom. The number of hydrogen-bond acceptors (Lipinski definition) is 3. The SMILES string of the molecule is COC1(OC)C=C2CC[C@H]3[C@@H]4CC[C@H](O[Si](C)(C)C(C)(C)C)[C@@]4(C)CC[C@@]34[C@H](Cl)[C@@]24CC1. The van der Waals surface area contributed by atoms with Gasteiger partial charge in [-0.3, -0.25) is 0 Å². The van der Waals surface area contributed by atoms with Gasteiger partial charge in [-0.2, -0.15) is 0 Å². The minimum Gasteiger partial charge on any atom is -0.413 e. The molecular formula is C27H45ClO3Si. The van der Waals surface area contributed by atoms with Crippen molar-refractivity contribution in [3.8, 4) is 0 Å². The van der Waals surface area contributed by atoms with Gasteiger partial charge in [0.15, 0.2) is 14.1 Å². The Hall–Kier alpha value is 0.127. The molecule has 0 aromatic heterocycles. The fourth-order valence-electron chi connectivity index (χ4n) is 8.71. The van der Waals surface area contributed by atoms with Crippen LogP contribution >= 0.6 is 11.6 Å². The van der Waals surface area contributed by atoms with E-state index < -0.39 is 14.1 Å². The second kappa shape index (κ2) is 7.09. The van der Waals surface area contributed by atoms with Crippen LogP contribution in [0.2, 0.25) is 18.1 Å². The lowest BCUT2D eigenvalue weighted by molar-refractivity contribution is -0.183. The molecule has 5 aliphatic rings. The second-order valence-corrected chi connectivity index (χ2v) is 18.7. The topological polar surface area (TPSA) is 27.7 Å². The van der Waals surface area contributed by atoms with E-state index in [2.05, 4.69) is 46.9 Å². The molecule has 5 heteroatoms. The van der Waals surface area contributed by atoms with Crippen LogP contribution in [0.1, 0.15) is 79.1 Å². The standard InChI is InChI=1S/C27H45ClO3Si/c1-23(2,3)32(7,8)31-21-12-11-19-20-10-9-18-17-25(29-5,30-6)14-16-26(18)22(28)27(20,26)15-13-24(19,21)4/h17,19-22H,9-16H2,1-8H3/t19-,20-,21-,22+,24-,26+,27-/m0/s1. The number of halogens is 1. The Labute approximate surface area is 202 Å². The van der Waals surface area contributed by atoms with Crippen LogP contribution in [-0.2, 0) is 13.9 Å². The zero-order valence-electron chi connectivity index (χ0n) is 21.6. The number of alkyl halides is 1. The summed E-state index contributed by atoms with van der Waals surface area (Å²) in [5.41, 5.74) is 2.34. The molecule has 32 heavy (non-hydrogen) atoms. The van der Waals surface area contributed by atoms with E-state index in [0.717, 1.165) is 31.1 Å². The van der Waals surface area contributed by atoms with Gasteiger partial charge in [0.25, 0.3) is 0 Å². The van der Waals surface area contributed by atoms with Crippen LogP contribution in [0.4, 0.5) is 0 Å². The third-order valence-corrected chi connectivity index (χ3v) is 16.9. The molecule has 3 nitrogen and oxygen atoms in total. The monoisotopic (exact) mass is 480 g/mol. The first-order chi connectivity index (χ1) is 14.8. The highest BCUT2D eigenvalue weighted by atomic mass is 35.5. The summed E-state index contributed by atoms with van der Waals surface area (Å²) in [5, 5.41) is 0.548. The molecule has 0 aromatic rings. The molecule has 0 aliphatic heterocycles. The summed E-state index contributed by atoms with van der Waals surface area (Å²) < 4.78 is 18.8. The lowest BCUT2D eigenvalue weighted by Gasteiger charge is -2.55. The minimum absolute atomic E-state index is 0.192. The number of ether oxygens (including phenoxy) is 2. The number of allylic oxidation sites excluding steroid dienone is 1. The van der Waals surface area contributed by atoms with Gasteiger partial charge in [0.2, 0.25) is 0 Å². The Morgan fingerprint density at radius 2 is 1.66 bits per heavy atom. The molecular weight excluding hydrogens is 436 g/mol. The molecule has 5 rings (SSSR count). The lowest BCUT2D eigenvalue weighted by atomic mass is 9.51. The van der Waals surface area contributed by atoms with Crippen LogP contribution in [0, 0.1) is 28.1 Å². The van der Waals surface area contributed by atoms with Gasteiger partial charge in [0.05, 0.1) is 11.5 Å². The highest BCUT2D eigenvalue weighted by Gasteiger charge is 2.83. The summed E-state index contributed by atoms with van der Waals surface area (Å²) in [6.45, 7) is 14.5. The van der Waals surface area contributed by atoms with Gasteiger partial charge >= 0.3 is 0 Å². The van der Waals surface area contributed by atoms with Gasteiger partial charge in [-0.05, 0) is 86.4 Å². The molecule has 0 radical (unpaired) electrons. The van der Waals surface area contributed by atoms with E-state index in [1.165, 1.54) is 32.1 Å². The first-order valence-electron chi connectivity index (χ1n) is 13.0. The average molecular weight is 481 g/mol. The predicted molar refractivity (Wildman–Crippen MR) is 133 cm³/mol. The fourth-order valence-corrected chi connectivity index (χ4v) is 11.0. The van der Waals surface area contributed by atoms with E-state index >= 15 is 0 Å². The molecule has 0 bridgehead atoms. The first-order valence-corrected chi connectivity index (χ1v) is 16.3. The first kappa shape index (κ1) is 23.8. The molecule has 0 unspecified atom stereocenters. The van der Waals surface area contributed by atoms with Crippen molar-refractivity contribution in [1.82, 2.24) is 0 Å². The summed E-state index contributed by atoms with van der Waals surface area (Å²) in [5.74, 6) is 0.947. The normalized spacial score (nSPS) is 47.1. The summed E-state index contributed by atoms with van der Waals surface area (Å²) >= 11 is 7.36. The molecule has 5 aliphatic carbocycles. The molecule has 2 spiro atoms. The van der Waals surface area contributed by atoms with Crippen molar-refractivity contribution >= 4 is 19.9 Å². The molecule has 0 saturated heterocycles. The Balaban J connectivity index is 1.44. The number of methoxy groups -OCH3 is 2. The lowest BCUT2D eigenvalue weighted by Crippen LogP contribution is -2.52. The maximum atomic E-state index is 7.36. The van der Waals surface area contributed by atoms with Crippen molar-refractivity contribution < 1.29 is 13.9 Å². The molecule has 182 valence electrons. The molecule has 0 aromatic carbocycles. The maximum Gasteiger partial charge on any atom is 0.192 e. The highest BCUT2D eigenvalue weighted by molar-refractivity contribution is 6.74. The van der Waals surface area contributed by atoms with Gasteiger partial charge in [-0.1, -0.05) is 33.3 Å². The number of rotatable bonds is 4. The van der Waals surface area contributed by atoms with Crippen molar-refractivity contribution in [2.75, 3.05) is 14.2 Å². The quantitative estimate of drug-likeness (QED) is 0.183. The summed E-state index contributed by atoms with van der Waals surface area (Å²) in [6, 6.07) is 0. The van der Waals surface area contributed by atoms with Crippen LogP contribution < -0.4 is 0 Å². The zero-order chi connectivity index (χ0) is 23.4. The summed E-state index contributed by atoms with van der Waals surface area (Å²) in [7, 11) is 1.78. The Morgan fingerprint density at radius 3 is 2.28 bits per heavy atom. The van der Waals surface area contributed by atoms with Gasteiger partial charge < -0.3 is 13.9 Å². The largest absolute Gasteiger partial charge is 0.413 e. The van der Waals surface area contributed by atoms with Crippen molar-refractivity contribution in [2.24, 2.45) is 28.1 Å². The van der Waals surface area contributed by atoms with Crippen molar-refractivity contribution in [3.63, 3.8) is 0 Å². The number of hydrogen-bond donors (Lipinski definition) is 0. The van der Waals surface area contributed by atoms with Crippen LogP contribution in [-0.4, -0.2) is 39.8 Å². The number of fused-ring (bicyclic) bond motifs is 2. The zero-order valence-corrected chi connectivity index (χ0v) is 23.4. The van der Waals surface area contributed by atoms with Crippen LogP contribution in [0.3, 0.4) is 0 Å². The Bertz CT molecular complexity index is 814. The van der Waals surface area contributed by atoms with Crippen molar-refractivity contribution in [2.45, 2.75) is 114 Å². The molecule has 0 N–H and O–H groups in total. The van der Waals surface area contributed by atoms with Gasteiger partial charge in [-0.15, -0.1) is 11.6 Å². The van der Waals surface area contributed by atoms with Crippen molar-refractivity contribution in [1.29, 1.82) is 0 Å².